The van der Waals surface area contributed by atoms with E-state index in [1.165, 1.54) is 11.3 Å². The summed E-state index contributed by atoms with van der Waals surface area (Å²) in [7, 11) is 0. The van der Waals surface area contributed by atoms with Crippen molar-refractivity contribution in [1.82, 2.24) is 4.98 Å². The molecule has 8 heteroatoms. The predicted octanol–water partition coefficient (Wildman–Crippen LogP) is 8.94. The highest BCUT2D eigenvalue weighted by atomic mass is 32.1. The average molecular weight is 568 g/mol. The van der Waals surface area contributed by atoms with E-state index in [1.807, 2.05) is 46.1 Å². The first-order chi connectivity index (χ1) is 17.9. The van der Waals surface area contributed by atoms with Crippen LogP contribution in [-0.2, 0) is 14.3 Å². The van der Waals surface area contributed by atoms with Crippen LogP contribution in [0.5, 0.6) is 0 Å². The van der Waals surface area contributed by atoms with Gasteiger partial charge in [-0.2, -0.15) is 13.2 Å². The first-order valence-corrected chi connectivity index (χ1v) is 14.2. The van der Waals surface area contributed by atoms with E-state index in [0.717, 1.165) is 23.6 Å². The quantitative estimate of drug-likeness (QED) is 0.121. The number of Topliss-reactive ketones (excluding diaryl/α,β-unsaturated/α-hetero) is 1. The molecule has 39 heavy (non-hydrogen) atoms. The molecule has 0 aromatic carbocycles. The topological polar surface area (TPSA) is 56.3 Å². The van der Waals surface area contributed by atoms with E-state index in [2.05, 4.69) is 32.0 Å². The van der Waals surface area contributed by atoms with Gasteiger partial charge in [0.2, 0.25) is 0 Å². The van der Waals surface area contributed by atoms with Crippen LogP contribution in [-0.4, -0.2) is 29.0 Å². The number of ketones is 1. The molecule has 0 bridgehead atoms. The van der Waals surface area contributed by atoms with E-state index < -0.39 is 29.2 Å². The molecular formula is C31H44F3NO3S. The van der Waals surface area contributed by atoms with Gasteiger partial charge in [-0.1, -0.05) is 66.3 Å². The van der Waals surface area contributed by atoms with Gasteiger partial charge < -0.3 is 4.74 Å². The largest absolute Gasteiger partial charge is 0.457 e. The van der Waals surface area contributed by atoms with Gasteiger partial charge in [-0.3, -0.25) is 9.59 Å². The Morgan fingerprint density at radius 1 is 1.13 bits per heavy atom. The lowest BCUT2D eigenvalue weighted by Crippen LogP contribution is -2.40. The van der Waals surface area contributed by atoms with Crippen molar-refractivity contribution in [2.45, 2.75) is 86.9 Å². The highest BCUT2D eigenvalue weighted by molar-refractivity contribution is 7.09. The van der Waals surface area contributed by atoms with E-state index in [0.29, 0.717) is 17.2 Å². The second-order valence-corrected chi connectivity index (χ2v) is 12.2. The number of allylic oxidation sites excluding steroid dienone is 3. The Labute approximate surface area is 236 Å². The zero-order chi connectivity index (χ0) is 30.1. The number of carbonyl (C=O) groups excluding carboxylic acids is 2. The monoisotopic (exact) mass is 567 g/mol. The Morgan fingerprint density at radius 2 is 1.74 bits per heavy atom. The van der Waals surface area contributed by atoms with E-state index in [4.69, 9.17) is 4.74 Å². The molecule has 0 aliphatic heterocycles. The first kappa shape index (κ1) is 34.5. The van der Waals surface area contributed by atoms with E-state index in [1.54, 1.807) is 13.0 Å². The molecule has 0 radical (unpaired) electrons. The molecule has 0 saturated heterocycles. The second-order valence-electron chi connectivity index (χ2n) is 11.1. The van der Waals surface area contributed by atoms with Crippen LogP contribution in [0, 0.1) is 36.0 Å². The van der Waals surface area contributed by atoms with Crippen LogP contribution >= 0.6 is 11.3 Å². The van der Waals surface area contributed by atoms with Crippen LogP contribution in [0.15, 0.2) is 47.9 Å². The first-order valence-electron chi connectivity index (χ1n) is 13.3. The molecule has 0 spiro atoms. The Bertz CT molecular complexity index is 1070. The summed E-state index contributed by atoms with van der Waals surface area (Å²) < 4.78 is 45.5. The number of hydrogen-bond acceptors (Lipinski definition) is 5. The number of alkyl halides is 3. The standard InChI is InChI=1S/C31H44F3NO3S/c1-11-13-19(3)22(6)23(7)29(37)30(9,10)21(5)17-28(36)38-27(15-14-25(12-2)31(32,33)34)20(4)16-26-18-39-24(8)35-26/h11-12,14,16,18-19,21-23,27H,1-2,13,15,17H2,3-10H3/b20-16+,25-14+/t19-,21-,22-,23+,27-/m0/s1. The number of aromatic nitrogens is 1. The van der Waals surface area contributed by atoms with E-state index >= 15 is 0 Å². The third kappa shape index (κ3) is 10.2. The normalized spacial score (nSPS) is 17.1. The van der Waals surface area contributed by atoms with Gasteiger partial charge in [0.25, 0.3) is 0 Å². The number of aryl methyl sites for hydroxylation is 1. The van der Waals surface area contributed by atoms with Crippen molar-refractivity contribution < 1.29 is 27.5 Å². The second kappa shape index (κ2) is 14.8. The summed E-state index contributed by atoms with van der Waals surface area (Å²) in [4.78, 5) is 30.9. The molecule has 218 valence electrons. The molecule has 0 unspecified atom stereocenters. The lowest BCUT2D eigenvalue weighted by atomic mass is 9.67. The minimum Gasteiger partial charge on any atom is -0.457 e. The summed E-state index contributed by atoms with van der Waals surface area (Å²) >= 11 is 1.45. The molecule has 4 nitrogen and oxygen atoms in total. The van der Waals surface area contributed by atoms with Crippen LogP contribution in [0.1, 0.15) is 78.4 Å². The molecule has 0 N–H and O–H groups in total. The molecule has 0 aliphatic carbocycles. The lowest BCUT2D eigenvalue weighted by Gasteiger charge is -2.35. The molecule has 0 fully saturated rings. The molecule has 0 amide bonds. The summed E-state index contributed by atoms with van der Waals surface area (Å²) in [5.74, 6) is -0.627. The molecule has 1 heterocycles. The molecule has 1 rings (SSSR count). The van der Waals surface area contributed by atoms with Crippen LogP contribution in [0.2, 0.25) is 0 Å². The number of esters is 1. The number of nitrogens with zero attached hydrogens (tertiary/aromatic N) is 1. The highest BCUT2D eigenvalue weighted by Gasteiger charge is 2.40. The minimum absolute atomic E-state index is 0.0427. The fourth-order valence-corrected chi connectivity index (χ4v) is 4.97. The van der Waals surface area contributed by atoms with Gasteiger partial charge in [-0.25, -0.2) is 4.98 Å². The van der Waals surface area contributed by atoms with E-state index in [9.17, 15) is 22.8 Å². The van der Waals surface area contributed by atoms with Crippen molar-refractivity contribution in [3.63, 3.8) is 0 Å². The van der Waals surface area contributed by atoms with Crippen LogP contribution in [0.25, 0.3) is 6.08 Å². The van der Waals surface area contributed by atoms with Crippen LogP contribution in [0.4, 0.5) is 13.2 Å². The lowest BCUT2D eigenvalue weighted by molar-refractivity contribution is -0.150. The third-order valence-corrected chi connectivity index (χ3v) is 8.66. The van der Waals surface area contributed by atoms with Gasteiger partial charge >= 0.3 is 12.1 Å². The van der Waals surface area contributed by atoms with Gasteiger partial charge in [0.1, 0.15) is 11.9 Å². The van der Waals surface area contributed by atoms with E-state index in [-0.39, 0.29) is 36.4 Å². The number of thiazole rings is 1. The zero-order valence-corrected chi connectivity index (χ0v) is 25.3. The SMILES string of the molecule is C=CC[C@H](C)[C@H](C)[C@@H](C)C(=O)C(C)(C)[C@@H](C)CC(=O)O[C@@H](C/C=C(\C=C)C(F)(F)F)/C(C)=C/c1csc(C)n1. The average Bonchev–Trinajstić information content (AvgIpc) is 3.25. The van der Waals surface area contributed by atoms with Gasteiger partial charge in [0.05, 0.1) is 16.3 Å². The van der Waals surface area contributed by atoms with Crippen LogP contribution in [0.3, 0.4) is 0 Å². The van der Waals surface area contributed by atoms with Gasteiger partial charge in [-0.15, -0.1) is 17.9 Å². The smallest absolute Gasteiger partial charge is 0.416 e. The summed E-state index contributed by atoms with van der Waals surface area (Å²) in [5.41, 5.74) is -0.480. The summed E-state index contributed by atoms with van der Waals surface area (Å²) in [5, 5.41) is 2.67. The number of halogens is 3. The number of carbonyl (C=O) groups is 2. The van der Waals surface area contributed by atoms with Crippen molar-refractivity contribution in [1.29, 1.82) is 0 Å². The fraction of sp³-hybridized carbons (Fsp3) is 0.581. The van der Waals surface area contributed by atoms with Crippen molar-refractivity contribution in [2.75, 3.05) is 0 Å². The van der Waals surface area contributed by atoms with Crippen molar-refractivity contribution in [3.05, 3.63) is 58.6 Å². The highest BCUT2D eigenvalue weighted by Crippen LogP contribution is 2.37. The van der Waals surface area contributed by atoms with Crippen molar-refractivity contribution >= 4 is 29.2 Å². The van der Waals surface area contributed by atoms with Crippen molar-refractivity contribution in [2.24, 2.45) is 29.1 Å². The molecule has 1 aromatic rings. The predicted molar refractivity (Wildman–Crippen MR) is 154 cm³/mol. The van der Waals surface area contributed by atoms with Gasteiger partial charge in [0, 0.05) is 29.6 Å². The maximum Gasteiger partial charge on any atom is 0.416 e. The molecule has 1 aromatic heterocycles. The minimum atomic E-state index is -4.56. The Balaban J connectivity index is 3.11. The maximum absolute atomic E-state index is 13.5. The van der Waals surface area contributed by atoms with Gasteiger partial charge in [0.15, 0.2) is 0 Å². The molecule has 5 atom stereocenters. The third-order valence-electron chi connectivity index (χ3n) is 7.87. The van der Waals surface area contributed by atoms with Gasteiger partial charge in [-0.05, 0) is 49.7 Å². The van der Waals surface area contributed by atoms with Crippen molar-refractivity contribution in [3.8, 4) is 0 Å². The Kier molecular flexibility index (Phi) is 13.1. The fourth-order valence-electron chi connectivity index (χ4n) is 4.40. The molecule has 0 aliphatic rings. The molecule has 0 saturated carbocycles. The zero-order valence-electron chi connectivity index (χ0n) is 24.5. The summed E-state index contributed by atoms with van der Waals surface area (Å²) in [6, 6.07) is 0. The molecular weight excluding hydrogens is 523 g/mol. The Hall–Kier alpha value is -2.48. The Morgan fingerprint density at radius 3 is 2.23 bits per heavy atom. The summed E-state index contributed by atoms with van der Waals surface area (Å²) in [6.07, 6.45) is 0.398. The van der Waals surface area contributed by atoms with Crippen LogP contribution < -0.4 is 0 Å². The number of rotatable bonds is 15. The summed E-state index contributed by atoms with van der Waals surface area (Å²) in [6.45, 7) is 22.2. The number of ether oxygens (including phenoxy) is 1. The number of hydrogen-bond donors (Lipinski definition) is 0. The maximum atomic E-state index is 13.5.